The Kier molecular flexibility index (Phi) is 8.00. The second kappa shape index (κ2) is 11.5. The standard InChI is InChI=1S/C26H19BrClN5O3/c1-35-22-11-18(20(27)12-23(22)36-15-17-9-5-6-10-21(17)28)14-30-33-26-31-24(16-7-3-2-4-8-16)19(13-29)25(34)32-26/h2-12,14H,15H2,1H3,(H2,31,32,33,34). The summed E-state index contributed by atoms with van der Waals surface area (Å²) in [5.41, 5.74) is 4.53. The van der Waals surface area contributed by atoms with Gasteiger partial charge in [0.2, 0.25) is 5.95 Å². The van der Waals surface area contributed by atoms with Crippen molar-refractivity contribution in [2.24, 2.45) is 5.10 Å². The zero-order chi connectivity index (χ0) is 25.5. The second-order valence-corrected chi connectivity index (χ2v) is 8.65. The van der Waals surface area contributed by atoms with Gasteiger partial charge in [-0.2, -0.15) is 10.4 Å². The van der Waals surface area contributed by atoms with Gasteiger partial charge in [-0.3, -0.25) is 9.78 Å². The summed E-state index contributed by atoms with van der Waals surface area (Å²) in [5.74, 6) is 1.12. The molecule has 8 nitrogen and oxygen atoms in total. The van der Waals surface area contributed by atoms with E-state index in [2.05, 4.69) is 36.4 Å². The van der Waals surface area contributed by atoms with Crippen molar-refractivity contribution >= 4 is 39.7 Å². The first-order valence-electron chi connectivity index (χ1n) is 10.6. The number of nitrogens with one attached hydrogen (secondary N) is 2. The summed E-state index contributed by atoms with van der Waals surface area (Å²) in [7, 11) is 1.54. The summed E-state index contributed by atoms with van der Waals surface area (Å²) < 4.78 is 12.1. The Hall–Kier alpha value is -4.13. The van der Waals surface area contributed by atoms with E-state index in [0.717, 1.165) is 5.56 Å². The van der Waals surface area contributed by atoms with Crippen molar-refractivity contribution in [3.05, 3.63) is 103 Å². The molecule has 1 heterocycles. The van der Waals surface area contributed by atoms with Gasteiger partial charge in [-0.05, 0) is 34.1 Å². The molecule has 0 bridgehead atoms. The lowest BCUT2D eigenvalue weighted by Crippen LogP contribution is -2.16. The number of aromatic nitrogens is 2. The van der Waals surface area contributed by atoms with Gasteiger partial charge in [0, 0.05) is 26.2 Å². The highest BCUT2D eigenvalue weighted by Crippen LogP contribution is 2.34. The van der Waals surface area contributed by atoms with Gasteiger partial charge in [-0.15, -0.1) is 0 Å². The zero-order valence-electron chi connectivity index (χ0n) is 19.0. The summed E-state index contributed by atoms with van der Waals surface area (Å²) >= 11 is 9.73. The van der Waals surface area contributed by atoms with E-state index in [1.807, 2.05) is 30.3 Å². The fourth-order valence-corrected chi connectivity index (χ4v) is 3.91. The number of hydrogen-bond donors (Lipinski definition) is 2. The monoisotopic (exact) mass is 563 g/mol. The molecule has 0 aliphatic heterocycles. The van der Waals surface area contributed by atoms with Crippen LogP contribution >= 0.6 is 27.5 Å². The highest BCUT2D eigenvalue weighted by molar-refractivity contribution is 9.10. The van der Waals surface area contributed by atoms with Crippen LogP contribution in [0.2, 0.25) is 5.02 Å². The van der Waals surface area contributed by atoms with Crippen molar-refractivity contribution in [3.8, 4) is 28.8 Å². The average molecular weight is 565 g/mol. The van der Waals surface area contributed by atoms with Crippen LogP contribution in [0.4, 0.5) is 5.95 Å². The first kappa shape index (κ1) is 25.0. The molecule has 4 rings (SSSR count). The summed E-state index contributed by atoms with van der Waals surface area (Å²) in [6.45, 7) is 0.277. The van der Waals surface area contributed by atoms with Crippen molar-refractivity contribution < 1.29 is 9.47 Å². The second-order valence-electron chi connectivity index (χ2n) is 7.39. The van der Waals surface area contributed by atoms with Crippen LogP contribution in [0.25, 0.3) is 11.3 Å². The molecular weight excluding hydrogens is 546 g/mol. The number of hydrogen-bond acceptors (Lipinski definition) is 7. The normalized spacial score (nSPS) is 10.7. The Morgan fingerprint density at radius 2 is 1.92 bits per heavy atom. The maximum atomic E-state index is 12.4. The van der Waals surface area contributed by atoms with Crippen molar-refractivity contribution in [2.75, 3.05) is 12.5 Å². The van der Waals surface area contributed by atoms with Crippen molar-refractivity contribution in [1.82, 2.24) is 9.97 Å². The van der Waals surface area contributed by atoms with Crippen LogP contribution in [-0.2, 0) is 6.61 Å². The van der Waals surface area contributed by atoms with Gasteiger partial charge in [0.05, 0.1) is 19.0 Å². The molecule has 0 aliphatic rings. The summed E-state index contributed by atoms with van der Waals surface area (Å²) in [6, 6.07) is 21.9. The highest BCUT2D eigenvalue weighted by atomic mass is 79.9. The molecule has 180 valence electrons. The molecule has 36 heavy (non-hydrogen) atoms. The number of methoxy groups -OCH3 is 1. The lowest BCUT2D eigenvalue weighted by atomic mass is 10.1. The molecule has 2 N–H and O–H groups in total. The minimum Gasteiger partial charge on any atom is -0.493 e. The largest absolute Gasteiger partial charge is 0.493 e. The number of nitrogens with zero attached hydrogens (tertiary/aromatic N) is 3. The first-order chi connectivity index (χ1) is 17.5. The predicted octanol–water partition coefficient (Wildman–Crippen LogP) is 5.76. The minimum atomic E-state index is -0.563. The highest BCUT2D eigenvalue weighted by Gasteiger charge is 2.13. The van der Waals surface area contributed by atoms with Crippen molar-refractivity contribution in [2.45, 2.75) is 6.61 Å². The molecule has 0 unspecified atom stereocenters. The Bertz CT molecular complexity index is 1520. The predicted molar refractivity (Wildman–Crippen MR) is 143 cm³/mol. The van der Waals surface area contributed by atoms with Crippen LogP contribution in [0.3, 0.4) is 0 Å². The molecule has 0 atom stereocenters. The van der Waals surface area contributed by atoms with Crippen molar-refractivity contribution in [1.29, 1.82) is 5.26 Å². The van der Waals surface area contributed by atoms with E-state index in [1.54, 1.807) is 49.6 Å². The minimum absolute atomic E-state index is 0.0735. The van der Waals surface area contributed by atoms with Crippen LogP contribution in [0, 0.1) is 11.3 Å². The summed E-state index contributed by atoms with van der Waals surface area (Å²) in [6.07, 6.45) is 1.53. The Balaban J connectivity index is 1.54. The average Bonchev–Trinajstić information content (AvgIpc) is 2.89. The fourth-order valence-electron chi connectivity index (χ4n) is 3.29. The molecular formula is C26H19BrClN5O3. The molecule has 0 spiro atoms. The van der Waals surface area contributed by atoms with E-state index in [-0.39, 0.29) is 23.8 Å². The van der Waals surface area contributed by atoms with Crippen molar-refractivity contribution in [3.63, 3.8) is 0 Å². The van der Waals surface area contributed by atoms with Crippen LogP contribution in [0.1, 0.15) is 16.7 Å². The third-order valence-electron chi connectivity index (χ3n) is 5.08. The molecule has 0 saturated heterocycles. The zero-order valence-corrected chi connectivity index (χ0v) is 21.3. The van der Waals surface area contributed by atoms with Crippen LogP contribution in [-0.4, -0.2) is 23.3 Å². The third-order valence-corrected chi connectivity index (χ3v) is 6.13. The maximum Gasteiger partial charge on any atom is 0.270 e. The molecule has 0 amide bonds. The molecule has 4 aromatic rings. The van der Waals surface area contributed by atoms with E-state index in [0.29, 0.717) is 32.1 Å². The molecule has 1 aromatic heterocycles. The SMILES string of the molecule is COc1cc(C=NNc2nc(-c3ccccc3)c(C#N)c(=O)[nH]2)c(Br)cc1OCc1ccccc1Cl. The van der Waals surface area contributed by atoms with Gasteiger partial charge in [-0.1, -0.05) is 60.1 Å². The number of nitriles is 1. The lowest BCUT2D eigenvalue weighted by Gasteiger charge is -2.13. The number of aromatic amines is 1. The molecule has 3 aromatic carbocycles. The van der Waals surface area contributed by atoms with Crippen LogP contribution in [0.15, 0.2) is 81.1 Å². The first-order valence-corrected chi connectivity index (χ1v) is 11.8. The van der Waals surface area contributed by atoms with Gasteiger partial charge in [0.15, 0.2) is 11.5 Å². The van der Waals surface area contributed by atoms with E-state index >= 15 is 0 Å². The van der Waals surface area contributed by atoms with Gasteiger partial charge >= 0.3 is 0 Å². The quantitative estimate of drug-likeness (QED) is 0.208. The summed E-state index contributed by atoms with van der Waals surface area (Å²) in [4.78, 5) is 19.3. The molecule has 0 fully saturated rings. The smallest absolute Gasteiger partial charge is 0.270 e. The van der Waals surface area contributed by atoms with E-state index in [9.17, 15) is 10.1 Å². The van der Waals surface area contributed by atoms with Gasteiger partial charge in [0.25, 0.3) is 5.56 Å². The van der Waals surface area contributed by atoms with E-state index in [1.165, 1.54) is 6.21 Å². The summed E-state index contributed by atoms with van der Waals surface area (Å²) in [5, 5.41) is 14.2. The number of benzene rings is 3. The van der Waals surface area contributed by atoms with Crippen LogP contribution < -0.4 is 20.5 Å². The molecule has 0 aliphatic carbocycles. The number of ether oxygens (including phenoxy) is 2. The fraction of sp³-hybridized carbons (Fsp3) is 0.0769. The molecule has 10 heteroatoms. The van der Waals surface area contributed by atoms with E-state index < -0.39 is 5.56 Å². The number of anilines is 1. The Morgan fingerprint density at radius 1 is 1.17 bits per heavy atom. The Morgan fingerprint density at radius 3 is 2.64 bits per heavy atom. The maximum absolute atomic E-state index is 12.4. The Labute approximate surface area is 220 Å². The van der Waals surface area contributed by atoms with Crippen LogP contribution in [0.5, 0.6) is 11.5 Å². The number of rotatable bonds is 8. The number of H-pyrrole nitrogens is 1. The van der Waals surface area contributed by atoms with Gasteiger partial charge in [0.1, 0.15) is 18.2 Å². The lowest BCUT2D eigenvalue weighted by molar-refractivity contribution is 0.284. The third kappa shape index (κ3) is 5.74. The molecule has 0 radical (unpaired) electrons. The number of halogens is 2. The van der Waals surface area contributed by atoms with Gasteiger partial charge in [-0.25, -0.2) is 10.4 Å². The van der Waals surface area contributed by atoms with E-state index in [4.69, 9.17) is 21.1 Å². The molecule has 0 saturated carbocycles. The number of hydrazone groups is 1. The van der Waals surface area contributed by atoms with Gasteiger partial charge < -0.3 is 9.47 Å². The topological polar surface area (TPSA) is 112 Å².